The van der Waals surface area contributed by atoms with Crippen LogP contribution in [-0.4, -0.2) is 35.8 Å². The predicted molar refractivity (Wildman–Crippen MR) is 102 cm³/mol. The number of benzene rings is 1. The van der Waals surface area contributed by atoms with Crippen LogP contribution < -0.4 is 11.1 Å². The molecular weight excluding hydrogens is 338 g/mol. The topological polar surface area (TPSA) is 75.4 Å². The lowest BCUT2D eigenvalue weighted by Crippen LogP contribution is -2.47. The maximum atomic E-state index is 12.3. The van der Waals surface area contributed by atoms with E-state index >= 15 is 0 Å². The first-order chi connectivity index (χ1) is 11.4. The Morgan fingerprint density at radius 3 is 2.28 bits per heavy atom. The molecule has 0 saturated carbocycles. The monoisotopic (exact) mass is 367 g/mol. The molecule has 5 nitrogen and oxygen atoms in total. The van der Waals surface area contributed by atoms with E-state index in [1.165, 1.54) is 5.56 Å². The van der Waals surface area contributed by atoms with Crippen LogP contribution in [0.25, 0.3) is 0 Å². The fourth-order valence-electron chi connectivity index (χ4n) is 2.91. The number of hydrogen-bond acceptors (Lipinski definition) is 3. The van der Waals surface area contributed by atoms with Gasteiger partial charge in [0.25, 0.3) is 0 Å². The summed E-state index contributed by atoms with van der Waals surface area (Å²) in [7, 11) is 0. The number of carbonyl (C=O) groups excluding carboxylic acids is 2. The van der Waals surface area contributed by atoms with Crippen LogP contribution in [0.2, 0.25) is 0 Å². The number of aryl methyl sites for hydroxylation is 1. The van der Waals surface area contributed by atoms with E-state index in [2.05, 4.69) is 5.32 Å². The minimum absolute atomic E-state index is 0. The molecule has 140 valence electrons. The predicted octanol–water partition coefficient (Wildman–Crippen LogP) is 2.25. The van der Waals surface area contributed by atoms with Gasteiger partial charge in [-0.25, -0.2) is 0 Å². The smallest absolute Gasteiger partial charge is 0.226 e. The number of hydrogen-bond donors (Lipinski definition) is 2. The summed E-state index contributed by atoms with van der Waals surface area (Å²) in [6.45, 7) is 7.60. The van der Waals surface area contributed by atoms with Crippen molar-refractivity contribution < 1.29 is 9.59 Å². The lowest BCUT2D eigenvalue weighted by Gasteiger charge is -2.33. The number of halogens is 1. The molecule has 0 aromatic heterocycles. The van der Waals surface area contributed by atoms with E-state index in [4.69, 9.17) is 5.73 Å². The van der Waals surface area contributed by atoms with Gasteiger partial charge in [0.15, 0.2) is 0 Å². The van der Waals surface area contributed by atoms with Gasteiger partial charge in [-0.3, -0.25) is 9.59 Å². The van der Waals surface area contributed by atoms with Crippen LogP contribution in [0.1, 0.15) is 37.8 Å². The summed E-state index contributed by atoms with van der Waals surface area (Å²) >= 11 is 0. The van der Waals surface area contributed by atoms with Gasteiger partial charge in [0.2, 0.25) is 11.8 Å². The molecule has 0 aliphatic carbocycles. The molecule has 1 aliphatic rings. The summed E-state index contributed by atoms with van der Waals surface area (Å²) in [5, 5.41) is 3.01. The first-order valence-corrected chi connectivity index (χ1v) is 8.76. The first-order valence-electron chi connectivity index (χ1n) is 8.76. The second-order valence-electron chi connectivity index (χ2n) is 6.95. The highest BCUT2D eigenvalue weighted by Gasteiger charge is 2.30. The van der Waals surface area contributed by atoms with Gasteiger partial charge in [-0.15, -0.1) is 12.4 Å². The number of nitrogens with two attached hydrogens (primary N) is 1. The molecule has 1 fully saturated rings. The molecule has 2 amide bonds. The standard InChI is InChI=1S/C19H29N3O2.ClH/c1-13-4-6-16(7-5-13)12-21-18(23)17-8-10-22(11-9-17)19(24)14(2)15(3)20;/h4-7,14-15,17H,8-12,20H2,1-3H3,(H,21,23);1H. The Morgan fingerprint density at radius 2 is 1.76 bits per heavy atom. The summed E-state index contributed by atoms with van der Waals surface area (Å²) in [6.07, 6.45) is 1.44. The molecule has 2 rings (SSSR count). The largest absolute Gasteiger partial charge is 0.352 e. The third kappa shape index (κ3) is 6.01. The molecule has 0 spiro atoms. The van der Waals surface area contributed by atoms with Crippen molar-refractivity contribution in [1.29, 1.82) is 0 Å². The van der Waals surface area contributed by atoms with Gasteiger partial charge in [-0.2, -0.15) is 0 Å². The molecule has 1 aromatic rings. The summed E-state index contributed by atoms with van der Waals surface area (Å²) in [5.41, 5.74) is 8.13. The molecule has 0 bridgehead atoms. The van der Waals surface area contributed by atoms with Crippen LogP contribution in [-0.2, 0) is 16.1 Å². The highest BCUT2D eigenvalue weighted by molar-refractivity contribution is 5.85. The number of nitrogens with one attached hydrogen (secondary N) is 1. The van der Waals surface area contributed by atoms with Crippen LogP contribution in [0.5, 0.6) is 0 Å². The second-order valence-corrected chi connectivity index (χ2v) is 6.95. The van der Waals surface area contributed by atoms with Crippen LogP contribution in [0.3, 0.4) is 0 Å². The molecular formula is C19H30ClN3O2. The third-order valence-corrected chi connectivity index (χ3v) is 4.94. The maximum Gasteiger partial charge on any atom is 0.226 e. The molecule has 0 radical (unpaired) electrons. The zero-order chi connectivity index (χ0) is 17.7. The second kappa shape index (κ2) is 9.78. The highest BCUT2D eigenvalue weighted by Crippen LogP contribution is 2.20. The molecule has 1 heterocycles. The average molecular weight is 368 g/mol. The molecule has 1 aliphatic heterocycles. The van der Waals surface area contributed by atoms with E-state index in [1.807, 2.05) is 49.9 Å². The number of nitrogens with zero attached hydrogens (tertiary/aromatic N) is 1. The zero-order valence-corrected chi connectivity index (χ0v) is 16.1. The molecule has 2 unspecified atom stereocenters. The Balaban J connectivity index is 0.00000312. The van der Waals surface area contributed by atoms with E-state index in [0.29, 0.717) is 19.6 Å². The Labute approximate surface area is 156 Å². The first kappa shape index (κ1) is 21.5. The fraction of sp³-hybridized carbons (Fsp3) is 0.579. The quantitative estimate of drug-likeness (QED) is 0.838. The van der Waals surface area contributed by atoms with Crippen molar-refractivity contribution in [3.63, 3.8) is 0 Å². The fourth-order valence-corrected chi connectivity index (χ4v) is 2.91. The van der Waals surface area contributed by atoms with E-state index in [0.717, 1.165) is 18.4 Å². The van der Waals surface area contributed by atoms with Crippen molar-refractivity contribution in [2.75, 3.05) is 13.1 Å². The van der Waals surface area contributed by atoms with Gasteiger partial charge >= 0.3 is 0 Å². The SMILES string of the molecule is Cc1ccc(CNC(=O)C2CCN(C(=O)C(C)C(C)N)CC2)cc1.Cl. The minimum atomic E-state index is -0.170. The number of piperidine rings is 1. The Morgan fingerprint density at radius 1 is 1.20 bits per heavy atom. The van der Waals surface area contributed by atoms with E-state index < -0.39 is 0 Å². The van der Waals surface area contributed by atoms with Crippen LogP contribution in [0, 0.1) is 18.8 Å². The molecule has 6 heteroatoms. The molecule has 25 heavy (non-hydrogen) atoms. The van der Waals surface area contributed by atoms with Crippen LogP contribution in [0.4, 0.5) is 0 Å². The number of carbonyl (C=O) groups is 2. The van der Waals surface area contributed by atoms with Crippen molar-refractivity contribution in [3.8, 4) is 0 Å². The average Bonchev–Trinajstić information content (AvgIpc) is 2.59. The van der Waals surface area contributed by atoms with Gasteiger partial charge in [-0.05, 0) is 32.3 Å². The van der Waals surface area contributed by atoms with Crippen LogP contribution in [0.15, 0.2) is 24.3 Å². The lowest BCUT2D eigenvalue weighted by molar-refractivity contribution is -0.139. The molecule has 1 aromatic carbocycles. The Kier molecular flexibility index (Phi) is 8.39. The third-order valence-electron chi connectivity index (χ3n) is 4.94. The highest BCUT2D eigenvalue weighted by atomic mass is 35.5. The normalized spacial score (nSPS) is 17.4. The van der Waals surface area contributed by atoms with Crippen molar-refractivity contribution in [2.24, 2.45) is 17.6 Å². The number of amides is 2. The van der Waals surface area contributed by atoms with Crippen molar-refractivity contribution in [1.82, 2.24) is 10.2 Å². The molecule has 2 atom stereocenters. The molecule has 1 saturated heterocycles. The zero-order valence-electron chi connectivity index (χ0n) is 15.3. The van der Waals surface area contributed by atoms with Gasteiger partial charge in [0.05, 0.1) is 5.92 Å². The maximum absolute atomic E-state index is 12.3. The Hall–Kier alpha value is -1.59. The van der Waals surface area contributed by atoms with E-state index in [1.54, 1.807) is 0 Å². The van der Waals surface area contributed by atoms with Gasteiger partial charge in [-0.1, -0.05) is 36.8 Å². The number of rotatable bonds is 5. The van der Waals surface area contributed by atoms with E-state index in [9.17, 15) is 9.59 Å². The summed E-state index contributed by atoms with van der Waals surface area (Å²) < 4.78 is 0. The molecule has 3 N–H and O–H groups in total. The minimum Gasteiger partial charge on any atom is -0.352 e. The summed E-state index contributed by atoms with van der Waals surface area (Å²) in [5.74, 6) is 0.00782. The van der Waals surface area contributed by atoms with Crippen LogP contribution >= 0.6 is 12.4 Å². The van der Waals surface area contributed by atoms with Crippen molar-refractivity contribution in [3.05, 3.63) is 35.4 Å². The van der Waals surface area contributed by atoms with Gasteiger partial charge in [0.1, 0.15) is 0 Å². The van der Waals surface area contributed by atoms with Gasteiger partial charge in [0, 0.05) is 31.6 Å². The lowest BCUT2D eigenvalue weighted by atomic mass is 9.94. The number of likely N-dealkylation sites (tertiary alicyclic amines) is 1. The van der Waals surface area contributed by atoms with Crippen molar-refractivity contribution in [2.45, 2.75) is 46.2 Å². The van der Waals surface area contributed by atoms with Crippen molar-refractivity contribution >= 4 is 24.2 Å². The summed E-state index contributed by atoms with van der Waals surface area (Å²) in [4.78, 5) is 26.5. The van der Waals surface area contributed by atoms with E-state index in [-0.39, 0.29) is 42.1 Å². The Bertz CT molecular complexity index is 567. The van der Waals surface area contributed by atoms with Gasteiger partial charge < -0.3 is 16.0 Å². The summed E-state index contributed by atoms with van der Waals surface area (Å²) in [6, 6.07) is 8.02.